The molecule has 8 nitrogen and oxygen atoms in total. The van der Waals surface area contributed by atoms with Gasteiger partial charge in [-0.15, -0.1) is 5.10 Å². The van der Waals surface area contributed by atoms with Gasteiger partial charge in [0.15, 0.2) is 0 Å². The first-order valence-electron chi connectivity index (χ1n) is 6.39. The minimum Gasteiger partial charge on any atom is -0.361 e. The summed E-state index contributed by atoms with van der Waals surface area (Å²) in [6, 6.07) is 9.89. The van der Waals surface area contributed by atoms with Crippen molar-refractivity contribution in [1.29, 1.82) is 0 Å². The fraction of sp³-hybridized carbons (Fsp3) is 0.0714. The number of hydrogen-bond acceptors (Lipinski definition) is 5. The Hall–Kier alpha value is -3.29. The lowest BCUT2D eigenvalue weighted by Gasteiger charge is -1.98. The van der Waals surface area contributed by atoms with Gasteiger partial charge in [-0.3, -0.25) is 9.59 Å². The SMILES string of the molecule is NC(=O)C(=O)N/N=C\C=C\c1cn(Cc2ccccc2)nn1. The number of primary amides is 1. The topological polar surface area (TPSA) is 115 Å². The van der Waals surface area contributed by atoms with E-state index in [0.29, 0.717) is 12.2 Å². The number of carbonyl (C=O) groups is 2. The first kappa shape index (κ1) is 15.1. The molecule has 2 rings (SSSR count). The second-order valence-corrected chi connectivity index (χ2v) is 4.27. The lowest BCUT2D eigenvalue weighted by atomic mass is 10.2. The minimum absolute atomic E-state index is 0.629. The molecule has 1 aromatic heterocycles. The van der Waals surface area contributed by atoms with Gasteiger partial charge < -0.3 is 5.73 Å². The zero-order valence-electron chi connectivity index (χ0n) is 11.6. The van der Waals surface area contributed by atoms with Crippen LogP contribution in [0.25, 0.3) is 6.08 Å². The van der Waals surface area contributed by atoms with Gasteiger partial charge in [-0.05, 0) is 17.7 Å². The number of nitrogens with zero attached hydrogens (tertiary/aromatic N) is 4. The molecule has 3 N–H and O–H groups in total. The molecule has 2 amide bonds. The van der Waals surface area contributed by atoms with Crippen molar-refractivity contribution in [2.45, 2.75) is 6.54 Å². The molecule has 0 aliphatic heterocycles. The Morgan fingerprint density at radius 1 is 1.32 bits per heavy atom. The third-order valence-corrected chi connectivity index (χ3v) is 2.56. The number of amides is 2. The zero-order valence-corrected chi connectivity index (χ0v) is 11.6. The molecular weight excluding hydrogens is 284 g/mol. The van der Waals surface area contributed by atoms with Crippen LogP contribution in [0.5, 0.6) is 0 Å². The average molecular weight is 298 g/mol. The van der Waals surface area contributed by atoms with E-state index in [-0.39, 0.29) is 0 Å². The Labute approximate surface area is 126 Å². The van der Waals surface area contributed by atoms with Crippen molar-refractivity contribution in [3.63, 3.8) is 0 Å². The fourth-order valence-electron chi connectivity index (χ4n) is 1.57. The van der Waals surface area contributed by atoms with Gasteiger partial charge in [0.2, 0.25) is 0 Å². The van der Waals surface area contributed by atoms with Crippen molar-refractivity contribution in [3.8, 4) is 0 Å². The summed E-state index contributed by atoms with van der Waals surface area (Å²) >= 11 is 0. The quantitative estimate of drug-likeness (QED) is 0.456. The van der Waals surface area contributed by atoms with Crippen LogP contribution < -0.4 is 11.2 Å². The maximum Gasteiger partial charge on any atom is 0.329 e. The normalized spacial score (nSPS) is 11.1. The molecule has 1 aromatic carbocycles. The second-order valence-electron chi connectivity index (χ2n) is 4.27. The number of hydrazone groups is 1. The van der Waals surface area contributed by atoms with Gasteiger partial charge in [0, 0.05) is 6.21 Å². The summed E-state index contributed by atoms with van der Waals surface area (Å²) in [5.41, 5.74) is 8.48. The van der Waals surface area contributed by atoms with Crippen LogP contribution in [-0.4, -0.2) is 33.0 Å². The molecule has 0 spiro atoms. The number of carbonyl (C=O) groups excluding carboxylic acids is 2. The number of allylic oxidation sites excluding steroid dienone is 1. The highest BCUT2D eigenvalue weighted by molar-refractivity contribution is 6.34. The highest BCUT2D eigenvalue weighted by atomic mass is 16.2. The van der Waals surface area contributed by atoms with Crippen LogP contribution in [0.4, 0.5) is 0 Å². The van der Waals surface area contributed by atoms with Crippen LogP contribution >= 0.6 is 0 Å². The van der Waals surface area contributed by atoms with E-state index in [1.54, 1.807) is 23.0 Å². The fourth-order valence-corrected chi connectivity index (χ4v) is 1.57. The monoisotopic (exact) mass is 298 g/mol. The van der Waals surface area contributed by atoms with E-state index in [4.69, 9.17) is 5.73 Å². The van der Waals surface area contributed by atoms with Crippen molar-refractivity contribution < 1.29 is 9.59 Å². The summed E-state index contributed by atoms with van der Waals surface area (Å²) in [7, 11) is 0. The Bertz CT molecular complexity index is 705. The average Bonchev–Trinajstić information content (AvgIpc) is 2.95. The molecule has 0 fully saturated rings. The van der Waals surface area contributed by atoms with E-state index in [0.717, 1.165) is 5.56 Å². The number of benzene rings is 1. The van der Waals surface area contributed by atoms with Crippen molar-refractivity contribution in [2.24, 2.45) is 10.8 Å². The van der Waals surface area contributed by atoms with Gasteiger partial charge in [-0.1, -0.05) is 35.5 Å². The Morgan fingerprint density at radius 2 is 2.09 bits per heavy atom. The molecular formula is C14H14N6O2. The van der Waals surface area contributed by atoms with Gasteiger partial charge in [-0.2, -0.15) is 5.10 Å². The summed E-state index contributed by atoms with van der Waals surface area (Å²) in [4.78, 5) is 21.2. The first-order chi connectivity index (χ1) is 10.6. The Kier molecular flexibility index (Phi) is 5.14. The number of hydrogen-bond donors (Lipinski definition) is 2. The van der Waals surface area contributed by atoms with Gasteiger partial charge in [-0.25, -0.2) is 10.1 Å². The van der Waals surface area contributed by atoms with Gasteiger partial charge in [0.05, 0.1) is 12.7 Å². The molecule has 22 heavy (non-hydrogen) atoms. The summed E-state index contributed by atoms with van der Waals surface area (Å²) in [5, 5.41) is 11.5. The van der Waals surface area contributed by atoms with Gasteiger partial charge in [0.1, 0.15) is 5.69 Å². The molecule has 0 radical (unpaired) electrons. The molecule has 0 bridgehead atoms. The van der Waals surface area contributed by atoms with Crippen LogP contribution in [0.2, 0.25) is 0 Å². The van der Waals surface area contributed by atoms with Crippen LogP contribution in [0.1, 0.15) is 11.3 Å². The lowest BCUT2D eigenvalue weighted by Crippen LogP contribution is -2.32. The zero-order chi connectivity index (χ0) is 15.8. The highest BCUT2D eigenvalue weighted by Crippen LogP contribution is 2.02. The van der Waals surface area contributed by atoms with Crippen LogP contribution in [0, 0.1) is 0 Å². The van der Waals surface area contributed by atoms with Crippen molar-refractivity contribution in [1.82, 2.24) is 20.4 Å². The van der Waals surface area contributed by atoms with Crippen LogP contribution in [-0.2, 0) is 16.1 Å². The number of rotatable bonds is 5. The molecule has 112 valence electrons. The molecule has 2 aromatic rings. The molecule has 0 atom stereocenters. The maximum atomic E-state index is 10.8. The van der Waals surface area contributed by atoms with E-state index in [2.05, 4.69) is 15.4 Å². The predicted molar refractivity (Wildman–Crippen MR) is 80.4 cm³/mol. The largest absolute Gasteiger partial charge is 0.361 e. The Balaban J connectivity index is 1.86. The maximum absolute atomic E-state index is 10.8. The smallest absolute Gasteiger partial charge is 0.329 e. The summed E-state index contributed by atoms with van der Waals surface area (Å²) in [5.74, 6) is -2.07. The van der Waals surface area contributed by atoms with E-state index in [1.165, 1.54) is 6.21 Å². The first-order valence-corrected chi connectivity index (χ1v) is 6.39. The predicted octanol–water partition coefficient (Wildman–Crippen LogP) is -0.0731. The van der Waals surface area contributed by atoms with Crippen molar-refractivity contribution in [2.75, 3.05) is 0 Å². The summed E-state index contributed by atoms with van der Waals surface area (Å²) < 4.78 is 1.71. The molecule has 1 heterocycles. The summed E-state index contributed by atoms with van der Waals surface area (Å²) in [6.45, 7) is 0.629. The molecule has 0 unspecified atom stereocenters. The van der Waals surface area contributed by atoms with Crippen molar-refractivity contribution in [3.05, 3.63) is 53.9 Å². The minimum atomic E-state index is -1.09. The highest BCUT2D eigenvalue weighted by Gasteiger charge is 2.04. The lowest BCUT2D eigenvalue weighted by molar-refractivity contribution is -0.137. The number of nitrogens with two attached hydrogens (primary N) is 1. The molecule has 8 heteroatoms. The molecule has 0 aliphatic rings. The van der Waals surface area contributed by atoms with E-state index < -0.39 is 11.8 Å². The van der Waals surface area contributed by atoms with E-state index in [1.807, 2.05) is 35.8 Å². The molecule has 0 aliphatic carbocycles. The van der Waals surface area contributed by atoms with Crippen LogP contribution in [0.15, 0.2) is 47.7 Å². The third kappa shape index (κ3) is 4.67. The van der Waals surface area contributed by atoms with E-state index in [9.17, 15) is 9.59 Å². The molecule has 0 saturated heterocycles. The summed E-state index contributed by atoms with van der Waals surface area (Å²) in [6.07, 6.45) is 6.29. The van der Waals surface area contributed by atoms with E-state index >= 15 is 0 Å². The van der Waals surface area contributed by atoms with Gasteiger partial charge in [0.25, 0.3) is 0 Å². The second kappa shape index (κ2) is 7.48. The van der Waals surface area contributed by atoms with Crippen molar-refractivity contribution >= 4 is 24.1 Å². The Morgan fingerprint density at radius 3 is 2.82 bits per heavy atom. The number of aromatic nitrogens is 3. The third-order valence-electron chi connectivity index (χ3n) is 2.56. The van der Waals surface area contributed by atoms with Crippen LogP contribution in [0.3, 0.4) is 0 Å². The number of nitrogens with one attached hydrogen (secondary N) is 1. The molecule has 0 saturated carbocycles. The standard InChI is InChI=1S/C14H14N6O2/c15-13(21)14(22)18-16-8-4-7-12-10-20(19-17-12)9-11-5-2-1-3-6-11/h1-8,10H,9H2,(H2,15,21)(H,18,22)/b7-4+,16-8-. The van der Waals surface area contributed by atoms with Gasteiger partial charge >= 0.3 is 11.8 Å².